The monoisotopic (exact) mass is 236 g/mol. The molecule has 17 heavy (non-hydrogen) atoms. The zero-order valence-corrected chi connectivity index (χ0v) is 10.4. The molecule has 2 nitrogen and oxygen atoms in total. The van der Waals surface area contributed by atoms with Gasteiger partial charge >= 0.3 is 0 Å². The lowest BCUT2D eigenvalue weighted by molar-refractivity contribution is 0.355. The van der Waals surface area contributed by atoms with Crippen LogP contribution in [0.1, 0.15) is 26.2 Å². The summed E-state index contributed by atoms with van der Waals surface area (Å²) in [5.74, 6) is 0.473. The van der Waals surface area contributed by atoms with Crippen molar-refractivity contribution >= 4 is 5.69 Å². The molecular weight excluding hydrogens is 215 g/mol. The van der Waals surface area contributed by atoms with Crippen molar-refractivity contribution in [1.29, 1.82) is 0 Å². The first-order chi connectivity index (χ1) is 8.19. The van der Waals surface area contributed by atoms with Crippen LogP contribution in [0, 0.1) is 11.7 Å². The molecule has 1 aliphatic heterocycles. The number of halogens is 1. The predicted octanol–water partition coefficient (Wildman–Crippen LogP) is 2.78. The van der Waals surface area contributed by atoms with Gasteiger partial charge in [-0.25, -0.2) is 4.39 Å². The molecule has 0 aliphatic carbocycles. The summed E-state index contributed by atoms with van der Waals surface area (Å²) in [6.07, 6.45) is 3.49. The molecule has 0 spiro atoms. The zero-order chi connectivity index (χ0) is 12.3. The normalized spacial score (nSPS) is 25.0. The van der Waals surface area contributed by atoms with Crippen molar-refractivity contribution in [1.82, 2.24) is 0 Å². The minimum Gasteiger partial charge on any atom is -0.370 e. The summed E-state index contributed by atoms with van der Waals surface area (Å²) in [4.78, 5) is 2.22. The van der Waals surface area contributed by atoms with Crippen molar-refractivity contribution in [2.75, 3.05) is 18.0 Å². The molecule has 1 heterocycles. The number of anilines is 1. The van der Waals surface area contributed by atoms with Crippen LogP contribution < -0.4 is 10.6 Å². The SMILES string of the molecule is CCCC1CC(N)CN(c2cccc(F)c2)C1. The van der Waals surface area contributed by atoms with E-state index in [1.165, 1.54) is 18.9 Å². The standard InChI is InChI=1S/C14H21FN2/c1-2-4-11-7-13(16)10-17(9-11)14-6-3-5-12(15)8-14/h3,5-6,8,11,13H,2,4,7,9-10,16H2,1H3. The topological polar surface area (TPSA) is 29.3 Å². The molecule has 1 aromatic rings. The van der Waals surface area contributed by atoms with Gasteiger partial charge in [0.2, 0.25) is 0 Å². The smallest absolute Gasteiger partial charge is 0.125 e. The van der Waals surface area contributed by atoms with Gasteiger partial charge in [-0.1, -0.05) is 19.4 Å². The number of nitrogens with two attached hydrogens (primary N) is 1. The van der Waals surface area contributed by atoms with E-state index in [1.54, 1.807) is 12.1 Å². The van der Waals surface area contributed by atoms with Crippen LogP contribution in [0.2, 0.25) is 0 Å². The summed E-state index contributed by atoms with van der Waals surface area (Å²) in [7, 11) is 0. The van der Waals surface area contributed by atoms with E-state index in [0.29, 0.717) is 5.92 Å². The van der Waals surface area contributed by atoms with E-state index < -0.39 is 0 Å². The van der Waals surface area contributed by atoms with E-state index in [-0.39, 0.29) is 11.9 Å². The van der Waals surface area contributed by atoms with E-state index in [0.717, 1.165) is 25.2 Å². The molecule has 0 radical (unpaired) electrons. The third-order valence-electron chi connectivity index (χ3n) is 3.44. The lowest BCUT2D eigenvalue weighted by Gasteiger charge is -2.37. The first kappa shape index (κ1) is 12.4. The van der Waals surface area contributed by atoms with Gasteiger partial charge in [0.25, 0.3) is 0 Å². The maximum Gasteiger partial charge on any atom is 0.125 e. The molecule has 94 valence electrons. The second-order valence-corrected chi connectivity index (χ2v) is 5.04. The molecule has 0 saturated carbocycles. The minimum absolute atomic E-state index is 0.173. The average molecular weight is 236 g/mol. The number of hydrogen-bond acceptors (Lipinski definition) is 2. The van der Waals surface area contributed by atoms with E-state index in [1.807, 2.05) is 6.07 Å². The number of hydrogen-bond donors (Lipinski definition) is 1. The fourth-order valence-corrected chi connectivity index (χ4v) is 2.75. The Bertz CT molecular complexity index is 367. The Balaban J connectivity index is 2.09. The van der Waals surface area contributed by atoms with Gasteiger partial charge in [0.1, 0.15) is 5.82 Å². The largest absolute Gasteiger partial charge is 0.370 e. The molecule has 2 unspecified atom stereocenters. The Morgan fingerprint density at radius 2 is 2.24 bits per heavy atom. The second-order valence-electron chi connectivity index (χ2n) is 5.04. The van der Waals surface area contributed by atoms with Gasteiger partial charge < -0.3 is 10.6 Å². The van der Waals surface area contributed by atoms with Gasteiger partial charge in [0.05, 0.1) is 0 Å². The van der Waals surface area contributed by atoms with Crippen molar-refractivity contribution in [2.45, 2.75) is 32.2 Å². The molecule has 0 aromatic heterocycles. The average Bonchev–Trinajstić information content (AvgIpc) is 2.28. The molecule has 1 saturated heterocycles. The lowest BCUT2D eigenvalue weighted by Crippen LogP contribution is -2.47. The summed E-state index contributed by atoms with van der Waals surface area (Å²) in [6.45, 7) is 4.04. The fourth-order valence-electron chi connectivity index (χ4n) is 2.75. The van der Waals surface area contributed by atoms with E-state index in [4.69, 9.17) is 5.73 Å². The Morgan fingerprint density at radius 1 is 1.41 bits per heavy atom. The first-order valence-electron chi connectivity index (χ1n) is 6.45. The van der Waals surface area contributed by atoms with Gasteiger partial charge in [0.15, 0.2) is 0 Å². The zero-order valence-electron chi connectivity index (χ0n) is 10.4. The maximum atomic E-state index is 13.2. The summed E-state index contributed by atoms with van der Waals surface area (Å²) < 4.78 is 13.2. The summed E-state index contributed by atoms with van der Waals surface area (Å²) in [6, 6.07) is 7.02. The Morgan fingerprint density at radius 3 is 2.94 bits per heavy atom. The van der Waals surface area contributed by atoms with Crippen LogP contribution in [0.4, 0.5) is 10.1 Å². The van der Waals surface area contributed by atoms with E-state index in [2.05, 4.69) is 11.8 Å². The minimum atomic E-state index is -0.173. The van der Waals surface area contributed by atoms with Gasteiger partial charge in [-0.05, 0) is 37.0 Å². The van der Waals surface area contributed by atoms with Gasteiger partial charge in [-0.2, -0.15) is 0 Å². The Kier molecular flexibility index (Phi) is 4.00. The maximum absolute atomic E-state index is 13.2. The molecule has 3 heteroatoms. The highest BCUT2D eigenvalue weighted by Gasteiger charge is 2.24. The van der Waals surface area contributed by atoms with Gasteiger partial charge in [0, 0.05) is 24.8 Å². The van der Waals surface area contributed by atoms with Crippen molar-refractivity contribution < 1.29 is 4.39 Å². The fraction of sp³-hybridized carbons (Fsp3) is 0.571. The Labute approximate surface area is 103 Å². The van der Waals surface area contributed by atoms with Crippen LogP contribution in [-0.2, 0) is 0 Å². The lowest BCUT2D eigenvalue weighted by atomic mass is 9.90. The third kappa shape index (κ3) is 3.19. The molecule has 2 atom stereocenters. The van der Waals surface area contributed by atoms with Crippen molar-refractivity contribution in [2.24, 2.45) is 11.7 Å². The highest BCUT2D eigenvalue weighted by molar-refractivity contribution is 5.47. The molecule has 1 aromatic carbocycles. The number of piperidine rings is 1. The van der Waals surface area contributed by atoms with Gasteiger partial charge in [-0.15, -0.1) is 0 Å². The molecule has 2 rings (SSSR count). The van der Waals surface area contributed by atoms with Crippen LogP contribution in [0.3, 0.4) is 0 Å². The third-order valence-corrected chi connectivity index (χ3v) is 3.44. The number of rotatable bonds is 3. The summed E-state index contributed by atoms with van der Waals surface area (Å²) >= 11 is 0. The van der Waals surface area contributed by atoms with Crippen LogP contribution in [-0.4, -0.2) is 19.1 Å². The van der Waals surface area contributed by atoms with Crippen molar-refractivity contribution in [3.8, 4) is 0 Å². The van der Waals surface area contributed by atoms with Crippen LogP contribution >= 0.6 is 0 Å². The summed E-state index contributed by atoms with van der Waals surface area (Å²) in [5, 5.41) is 0. The highest BCUT2D eigenvalue weighted by Crippen LogP contribution is 2.25. The Hall–Kier alpha value is -1.09. The van der Waals surface area contributed by atoms with Crippen LogP contribution in [0.15, 0.2) is 24.3 Å². The van der Waals surface area contributed by atoms with Crippen LogP contribution in [0.25, 0.3) is 0 Å². The van der Waals surface area contributed by atoms with Crippen LogP contribution in [0.5, 0.6) is 0 Å². The highest BCUT2D eigenvalue weighted by atomic mass is 19.1. The quantitative estimate of drug-likeness (QED) is 0.874. The molecule has 1 aliphatic rings. The second kappa shape index (κ2) is 5.50. The van der Waals surface area contributed by atoms with E-state index in [9.17, 15) is 4.39 Å². The molecule has 1 fully saturated rings. The molecule has 2 N–H and O–H groups in total. The number of benzene rings is 1. The summed E-state index contributed by atoms with van der Waals surface area (Å²) in [5.41, 5.74) is 7.05. The predicted molar refractivity (Wildman–Crippen MR) is 69.6 cm³/mol. The first-order valence-corrected chi connectivity index (χ1v) is 6.45. The van der Waals surface area contributed by atoms with E-state index >= 15 is 0 Å². The molecular formula is C14H21FN2. The van der Waals surface area contributed by atoms with Gasteiger partial charge in [-0.3, -0.25) is 0 Å². The molecule has 0 bridgehead atoms. The number of nitrogens with zero attached hydrogens (tertiary/aromatic N) is 1. The molecule has 0 amide bonds. The van der Waals surface area contributed by atoms with Crippen molar-refractivity contribution in [3.05, 3.63) is 30.1 Å². The van der Waals surface area contributed by atoms with Crippen molar-refractivity contribution in [3.63, 3.8) is 0 Å².